The standard InChI is InChI=1S/C12H12ClFO2/c13-8-4-3-5-9(14)11(8)12(15)10-6-1-2-7-16-10/h3-6,12,15H,1-2,7H2. The minimum atomic E-state index is -1.12. The molecule has 0 fully saturated rings. The highest BCUT2D eigenvalue weighted by Crippen LogP contribution is 2.32. The first-order valence-electron chi connectivity index (χ1n) is 5.15. The van der Waals surface area contributed by atoms with E-state index in [1.165, 1.54) is 12.1 Å². The molecule has 16 heavy (non-hydrogen) atoms. The van der Waals surface area contributed by atoms with Crippen molar-refractivity contribution in [3.8, 4) is 0 Å². The molecule has 0 spiro atoms. The van der Waals surface area contributed by atoms with Gasteiger partial charge in [-0.25, -0.2) is 4.39 Å². The Morgan fingerprint density at radius 3 is 2.88 bits per heavy atom. The first-order valence-corrected chi connectivity index (χ1v) is 5.53. The smallest absolute Gasteiger partial charge is 0.140 e. The first kappa shape index (κ1) is 11.4. The number of allylic oxidation sites excluding steroid dienone is 1. The van der Waals surface area contributed by atoms with Crippen LogP contribution in [0, 0.1) is 5.82 Å². The van der Waals surface area contributed by atoms with Crippen molar-refractivity contribution in [1.29, 1.82) is 0 Å². The molecule has 0 saturated heterocycles. The molecule has 0 bridgehead atoms. The van der Waals surface area contributed by atoms with Crippen LogP contribution in [-0.4, -0.2) is 11.7 Å². The van der Waals surface area contributed by atoms with E-state index < -0.39 is 11.9 Å². The van der Waals surface area contributed by atoms with E-state index in [1.807, 2.05) is 0 Å². The van der Waals surface area contributed by atoms with E-state index in [0.29, 0.717) is 12.4 Å². The monoisotopic (exact) mass is 242 g/mol. The van der Waals surface area contributed by atoms with Crippen molar-refractivity contribution in [3.05, 3.63) is 46.4 Å². The number of aliphatic hydroxyl groups excluding tert-OH is 1. The molecule has 2 nitrogen and oxygen atoms in total. The third kappa shape index (κ3) is 2.20. The number of hydrogen-bond donors (Lipinski definition) is 1. The van der Waals surface area contributed by atoms with Gasteiger partial charge in [0.15, 0.2) is 0 Å². The molecule has 1 aromatic carbocycles. The van der Waals surface area contributed by atoms with Gasteiger partial charge in [0, 0.05) is 10.6 Å². The van der Waals surface area contributed by atoms with Crippen molar-refractivity contribution in [2.24, 2.45) is 0 Å². The van der Waals surface area contributed by atoms with Crippen LogP contribution in [0.3, 0.4) is 0 Å². The molecule has 4 heteroatoms. The summed E-state index contributed by atoms with van der Waals surface area (Å²) in [6, 6.07) is 4.32. The molecule has 0 amide bonds. The molecule has 0 saturated carbocycles. The zero-order valence-corrected chi connectivity index (χ0v) is 9.38. The average molecular weight is 243 g/mol. The zero-order valence-electron chi connectivity index (χ0n) is 8.62. The van der Waals surface area contributed by atoms with Crippen molar-refractivity contribution in [2.45, 2.75) is 18.9 Å². The fourth-order valence-corrected chi connectivity index (χ4v) is 1.95. The third-order valence-corrected chi connectivity index (χ3v) is 2.83. The summed E-state index contributed by atoms with van der Waals surface area (Å²) in [7, 11) is 0. The van der Waals surface area contributed by atoms with E-state index >= 15 is 0 Å². The minimum Gasteiger partial charge on any atom is -0.495 e. The van der Waals surface area contributed by atoms with Gasteiger partial charge in [-0.15, -0.1) is 0 Å². The molecule has 86 valence electrons. The van der Waals surface area contributed by atoms with Crippen molar-refractivity contribution in [3.63, 3.8) is 0 Å². The van der Waals surface area contributed by atoms with E-state index in [9.17, 15) is 9.50 Å². The maximum atomic E-state index is 13.5. The van der Waals surface area contributed by atoms with Crippen LogP contribution < -0.4 is 0 Å². The number of benzene rings is 1. The molecule has 1 atom stereocenters. The lowest BCUT2D eigenvalue weighted by Crippen LogP contribution is -2.11. The molecule has 1 N–H and O–H groups in total. The first-order chi connectivity index (χ1) is 7.70. The quantitative estimate of drug-likeness (QED) is 0.863. The Kier molecular flexibility index (Phi) is 3.46. The van der Waals surface area contributed by atoms with Crippen LogP contribution in [-0.2, 0) is 4.74 Å². The number of aliphatic hydroxyl groups is 1. The Morgan fingerprint density at radius 1 is 1.44 bits per heavy atom. The fraction of sp³-hybridized carbons (Fsp3) is 0.333. The van der Waals surface area contributed by atoms with E-state index in [-0.39, 0.29) is 10.6 Å². The fourth-order valence-electron chi connectivity index (χ4n) is 1.68. The van der Waals surface area contributed by atoms with E-state index in [0.717, 1.165) is 12.8 Å². The average Bonchev–Trinajstić information content (AvgIpc) is 2.30. The van der Waals surface area contributed by atoms with Crippen molar-refractivity contribution >= 4 is 11.6 Å². The summed E-state index contributed by atoms with van der Waals surface area (Å²) in [6.45, 7) is 0.551. The summed E-state index contributed by atoms with van der Waals surface area (Å²) < 4.78 is 18.8. The van der Waals surface area contributed by atoms with Gasteiger partial charge in [0.2, 0.25) is 0 Å². The Morgan fingerprint density at radius 2 is 2.25 bits per heavy atom. The predicted octanol–water partition coefficient (Wildman–Crippen LogP) is 3.21. The van der Waals surface area contributed by atoms with Gasteiger partial charge >= 0.3 is 0 Å². The second-order valence-corrected chi connectivity index (χ2v) is 4.04. The van der Waals surface area contributed by atoms with Crippen LogP contribution in [0.25, 0.3) is 0 Å². The van der Waals surface area contributed by atoms with Gasteiger partial charge < -0.3 is 9.84 Å². The highest BCUT2D eigenvalue weighted by Gasteiger charge is 2.22. The van der Waals surface area contributed by atoms with Gasteiger partial charge in [-0.2, -0.15) is 0 Å². The molecule has 1 aromatic rings. The largest absolute Gasteiger partial charge is 0.495 e. The Hall–Kier alpha value is -1.06. The Bertz CT molecular complexity index is 397. The van der Waals surface area contributed by atoms with Gasteiger partial charge in [-0.05, 0) is 31.1 Å². The van der Waals surface area contributed by atoms with E-state index in [1.54, 1.807) is 12.1 Å². The van der Waals surface area contributed by atoms with Crippen LogP contribution in [0.1, 0.15) is 24.5 Å². The lowest BCUT2D eigenvalue weighted by atomic mass is 10.0. The molecular weight excluding hydrogens is 231 g/mol. The van der Waals surface area contributed by atoms with Crippen molar-refractivity contribution in [2.75, 3.05) is 6.61 Å². The summed E-state index contributed by atoms with van der Waals surface area (Å²) in [5.41, 5.74) is 0.0808. The predicted molar refractivity (Wildman–Crippen MR) is 59.6 cm³/mol. The molecule has 1 aliphatic heterocycles. The lowest BCUT2D eigenvalue weighted by Gasteiger charge is -2.21. The minimum absolute atomic E-state index is 0.0808. The van der Waals surface area contributed by atoms with Gasteiger partial charge in [0.25, 0.3) is 0 Å². The van der Waals surface area contributed by atoms with Crippen LogP contribution in [0.15, 0.2) is 30.0 Å². The molecule has 1 unspecified atom stereocenters. The molecule has 1 aliphatic rings. The van der Waals surface area contributed by atoms with Crippen molar-refractivity contribution in [1.82, 2.24) is 0 Å². The Balaban J connectivity index is 2.33. The van der Waals surface area contributed by atoms with Gasteiger partial charge in [0.1, 0.15) is 17.7 Å². The molecule has 0 radical (unpaired) electrons. The molecule has 1 heterocycles. The second kappa shape index (κ2) is 4.85. The summed E-state index contributed by atoms with van der Waals surface area (Å²) in [6.07, 6.45) is 2.41. The topological polar surface area (TPSA) is 29.5 Å². The maximum Gasteiger partial charge on any atom is 0.140 e. The van der Waals surface area contributed by atoms with Gasteiger partial charge in [-0.1, -0.05) is 17.7 Å². The van der Waals surface area contributed by atoms with Crippen LogP contribution in [0.5, 0.6) is 0 Å². The van der Waals surface area contributed by atoms with Crippen LogP contribution in [0.2, 0.25) is 5.02 Å². The summed E-state index contributed by atoms with van der Waals surface area (Å²) in [5.74, 6) is -0.131. The van der Waals surface area contributed by atoms with Crippen LogP contribution >= 0.6 is 11.6 Å². The number of hydrogen-bond acceptors (Lipinski definition) is 2. The van der Waals surface area contributed by atoms with Crippen LogP contribution in [0.4, 0.5) is 4.39 Å². The van der Waals surface area contributed by atoms with Gasteiger partial charge in [-0.3, -0.25) is 0 Å². The summed E-state index contributed by atoms with van der Waals surface area (Å²) in [5, 5.41) is 10.2. The second-order valence-electron chi connectivity index (χ2n) is 3.64. The molecule has 0 aliphatic carbocycles. The number of rotatable bonds is 2. The highest BCUT2D eigenvalue weighted by atomic mass is 35.5. The highest BCUT2D eigenvalue weighted by molar-refractivity contribution is 6.31. The molecule has 2 rings (SSSR count). The van der Waals surface area contributed by atoms with E-state index in [2.05, 4.69) is 0 Å². The number of ether oxygens (including phenoxy) is 1. The zero-order chi connectivity index (χ0) is 11.5. The Labute approximate surface area is 98.3 Å². The molecular formula is C12H12ClFO2. The molecule has 0 aromatic heterocycles. The number of halogens is 2. The lowest BCUT2D eigenvalue weighted by molar-refractivity contribution is 0.0897. The summed E-state index contributed by atoms with van der Waals surface area (Å²) in [4.78, 5) is 0. The van der Waals surface area contributed by atoms with Crippen molar-refractivity contribution < 1.29 is 14.2 Å². The normalized spacial score (nSPS) is 17.6. The SMILES string of the molecule is OC(C1=CCCCO1)c1c(F)cccc1Cl. The van der Waals surface area contributed by atoms with Gasteiger partial charge in [0.05, 0.1) is 6.61 Å². The summed E-state index contributed by atoms with van der Waals surface area (Å²) >= 11 is 5.86. The van der Waals surface area contributed by atoms with E-state index in [4.69, 9.17) is 16.3 Å². The maximum absolute atomic E-state index is 13.5. The third-order valence-electron chi connectivity index (χ3n) is 2.51.